The highest BCUT2D eigenvalue weighted by Gasteiger charge is 2.15. The Bertz CT molecular complexity index is 820. The molecule has 3 rings (SSSR count). The van der Waals surface area contributed by atoms with Gasteiger partial charge in [0, 0.05) is 8.95 Å². The van der Waals surface area contributed by atoms with Crippen LogP contribution < -0.4 is 9.47 Å². The molecule has 0 N–H and O–H groups in total. The number of halogens is 4. The Morgan fingerprint density at radius 3 is 1.92 bits per heavy atom. The number of nitrogens with zero attached hydrogens (tertiary/aromatic N) is 3. The van der Waals surface area contributed by atoms with E-state index in [9.17, 15) is 0 Å². The molecule has 9 heteroatoms. The summed E-state index contributed by atoms with van der Waals surface area (Å²) in [6, 6.07) is 11.1. The first-order chi connectivity index (χ1) is 11.6. The van der Waals surface area contributed by atoms with Crippen molar-refractivity contribution < 1.29 is 9.47 Å². The summed E-state index contributed by atoms with van der Waals surface area (Å²) < 4.78 is 15.0. The number of hydrogen-bond acceptors (Lipinski definition) is 5. The fourth-order valence-electron chi connectivity index (χ4n) is 1.74. The van der Waals surface area contributed by atoms with Crippen molar-refractivity contribution in [3.8, 4) is 23.1 Å². The van der Waals surface area contributed by atoms with Crippen LogP contribution >= 0.6 is 63.7 Å². The molecule has 5 nitrogen and oxygen atoms in total. The van der Waals surface area contributed by atoms with Crippen molar-refractivity contribution in [1.82, 2.24) is 15.4 Å². The van der Waals surface area contributed by atoms with Gasteiger partial charge in [-0.1, -0.05) is 17.2 Å². The summed E-state index contributed by atoms with van der Waals surface area (Å²) >= 11 is 13.8. The number of rotatable bonds is 4. The van der Waals surface area contributed by atoms with E-state index < -0.39 is 0 Å². The molecule has 2 aromatic carbocycles. The molecule has 0 fully saturated rings. The Morgan fingerprint density at radius 1 is 0.708 bits per heavy atom. The van der Waals surface area contributed by atoms with E-state index in [2.05, 4.69) is 79.1 Å². The van der Waals surface area contributed by atoms with Crippen molar-refractivity contribution in [2.75, 3.05) is 0 Å². The molecule has 0 saturated carbocycles. The molecule has 0 spiro atoms. The van der Waals surface area contributed by atoms with Crippen molar-refractivity contribution in [3.63, 3.8) is 0 Å². The molecular weight excluding hydrogens is 574 g/mol. The van der Waals surface area contributed by atoms with Gasteiger partial charge in [0.25, 0.3) is 5.88 Å². The molecule has 0 aliphatic rings. The van der Waals surface area contributed by atoms with Crippen LogP contribution in [0.15, 0.2) is 60.5 Å². The number of aromatic nitrogens is 3. The fourth-order valence-corrected chi connectivity index (χ4v) is 3.12. The van der Waals surface area contributed by atoms with E-state index >= 15 is 0 Å². The monoisotopic (exact) mass is 577 g/mol. The summed E-state index contributed by atoms with van der Waals surface area (Å²) in [5.41, 5.74) is 0. The van der Waals surface area contributed by atoms with Crippen LogP contribution in [-0.2, 0) is 0 Å². The number of benzene rings is 2. The lowest BCUT2D eigenvalue weighted by molar-refractivity contribution is 0.390. The Kier molecular flexibility index (Phi) is 5.85. The molecule has 0 amide bonds. The molecule has 1 aromatic heterocycles. The average Bonchev–Trinajstić information content (AvgIpc) is 2.58. The lowest BCUT2D eigenvalue weighted by Gasteiger charge is -2.12. The van der Waals surface area contributed by atoms with Crippen molar-refractivity contribution in [2.45, 2.75) is 0 Å². The van der Waals surface area contributed by atoms with Crippen molar-refractivity contribution in [1.29, 1.82) is 0 Å². The Balaban J connectivity index is 1.94. The van der Waals surface area contributed by atoms with E-state index in [1.54, 1.807) is 6.07 Å². The Morgan fingerprint density at radius 2 is 1.29 bits per heavy atom. The quantitative estimate of drug-likeness (QED) is 0.352. The second-order valence-corrected chi connectivity index (χ2v) is 7.71. The lowest BCUT2D eigenvalue weighted by Crippen LogP contribution is -1.98. The van der Waals surface area contributed by atoms with Gasteiger partial charge in [0.1, 0.15) is 11.5 Å². The SMILES string of the molecule is Brc1cccc(Oc2cnnnc2Oc2cccc(Br)c2Br)c1Br. The highest BCUT2D eigenvalue weighted by Crippen LogP contribution is 2.40. The first-order valence-corrected chi connectivity index (χ1v) is 9.65. The topological polar surface area (TPSA) is 57.1 Å². The zero-order valence-electron chi connectivity index (χ0n) is 11.7. The van der Waals surface area contributed by atoms with E-state index in [-0.39, 0.29) is 5.88 Å². The van der Waals surface area contributed by atoms with Crippen molar-refractivity contribution in [3.05, 3.63) is 60.5 Å². The van der Waals surface area contributed by atoms with E-state index in [4.69, 9.17) is 9.47 Å². The minimum atomic E-state index is 0.204. The predicted molar refractivity (Wildman–Crippen MR) is 104 cm³/mol. The van der Waals surface area contributed by atoms with Gasteiger partial charge >= 0.3 is 0 Å². The van der Waals surface area contributed by atoms with Gasteiger partial charge in [0.05, 0.1) is 15.1 Å². The molecule has 24 heavy (non-hydrogen) atoms. The van der Waals surface area contributed by atoms with Crippen molar-refractivity contribution >= 4 is 63.7 Å². The minimum absolute atomic E-state index is 0.204. The third kappa shape index (κ3) is 3.96. The molecular formula is C15H7Br4N3O2. The summed E-state index contributed by atoms with van der Waals surface area (Å²) in [7, 11) is 0. The molecule has 122 valence electrons. The molecule has 0 saturated heterocycles. The highest BCUT2D eigenvalue weighted by atomic mass is 79.9. The smallest absolute Gasteiger partial charge is 0.285 e. The maximum Gasteiger partial charge on any atom is 0.285 e. The van der Waals surface area contributed by atoms with Crippen LogP contribution in [0.4, 0.5) is 0 Å². The van der Waals surface area contributed by atoms with Gasteiger partial charge in [-0.25, -0.2) is 0 Å². The molecule has 0 radical (unpaired) electrons. The number of ether oxygens (including phenoxy) is 2. The predicted octanol–water partition coefficient (Wildman–Crippen LogP) is 6.51. The third-order valence-electron chi connectivity index (χ3n) is 2.83. The van der Waals surface area contributed by atoms with E-state index in [0.29, 0.717) is 17.2 Å². The largest absolute Gasteiger partial charge is 0.449 e. The van der Waals surface area contributed by atoms with E-state index in [1.165, 1.54) is 6.20 Å². The van der Waals surface area contributed by atoms with Crippen LogP contribution in [0.1, 0.15) is 0 Å². The maximum atomic E-state index is 5.87. The van der Waals surface area contributed by atoms with Gasteiger partial charge in [0.15, 0.2) is 0 Å². The molecule has 0 unspecified atom stereocenters. The van der Waals surface area contributed by atoms with Gasteiger partial charge in [-0.15, -0.1) is 5.10 Å². The van der Waals surface area contributed by atoms with Gasteiger partial charge < -0.3 is 9.47 Å². The number of hydrogen-bond donors (Lipinski definition) is 0. The summed E-state index contributed by atoms with van der Waals surface area (Å²) in [5, 5.41) is 11.3. The fraction of sp³-hybridized carbons (Fsp3) is 0. The zero-order valence-corrected chi connectivity index (χ0v) is 18.1. The highest BCUT2D eigenvalue weighted by molar-refractivity contribution is 9.13. The molecule has 0 aliphatic carbocycles. The molecule has 3 aromatic rings. The Labute approximate surface area is 171 Å². The second kappa shape index (κ2) is 7.90. The van der Waals surface area contributed by atoms with Crippen LogP contribution in [0.5, 0.6) is 23.1 Å². The summed E-state index contributed by atoms with van der Waals surface area (Å²) in [6.45, 7) is 0. The maximum absolute atomic E-state index is 5.87. The van der Waals surface area contributed by atoms with Crippen LogP contribution in [0.25, 0.3) is 0 Å². The second-order valence-electron chi connectivity index (χ2n) is 4.41. The molecule has 0 bridgehead atoms. The van der Waals surface area contributed by atoms with Crippen LogP contribution in [0.2, 0.25) is 0 Å². The molecule has 0 atom stereocenters. The van der Waals surface area contributed by atoms with Crippen molar-refractivity contribution in [2.24, 2.45) is 0 Å². The molecule has 0 aliphatic heterocycles. The van der Waals surface area contributed by atoms with E-state index in [0.717, 1.165) is 17.9 Å². The van der Waals surface area contributed by atoms with E-state index in [1.807, 2.05) is 30.3 Å². The van der Waals surface area contributed by atoms with Crippen LogP contribution in [0.3, 0.4) is 0 Å². The van der Waals surface area contributed by atoms with Gasteiger partial charge in [-0.3, -0.25) is 0 Å². The van der Waals surface area contributed by atoms with Gasteiger partial charge in [-0.2, -0.15) is 0 Å². The standard InChI is InChI=1S/C15H7Br4N3O2/c16-8-3-1-5-10(13(8)18)23-12-7-20-22-21-15(12)24-11-6-2-4-9(17)14(11)19/h1-7H. The first-order valence-electron chi connectivity index (χ1n) is 6.48. The van der Waals surface area contributed by atoms with Gasteiger partial charge in [-0.05, 0) is 93.2 Å². The van der Waals surface area contributed by atoms with Crippen LogP contribution in [0, 0.1) is 0 Å². The van der Waals surface area contributed by atoms with Gasteiger partial charge in [0.2, 0.25) is 5.75 Å². The normalized spacial score (nSPS) is 10.5. The summed E-state index contributed by atoms with van der Waals surface area (Å²) in [5.74, 6) is 1.71. The third-order valence-corrected chi connectivity index (χ3v) is 6.85. The lowest BCUT2D eigenvalue weighted by atomic mass is 10.3. The average molecular weight is 581 g/mol. The minimum Gasteiger partial charge on any atom is -0.449 e. The summed E-state index contributed by atoms with van der Waals surface area (Å²) in [4.78, 5) is 0. The summed E-state index contributed by atoms with van der Waals surface area (Å²) in [6.07, 6.45) is 1.45. The molecule has 1 heterocycles. The first kappa shape index (κ1) is 17.8. The zero-order chi connectivity index (χ0) is 17.1. The van der Waals surface area contributed by atoms with Crippen LogP contribution in [-0.4, -0.2) is 15.4 Å². The Hall–Kier alpha value is -1.03.